The SMILES string of the molecule is CC1C(NC(=O)c2ccnc(F)c2)CCCC1C(F)(F)F. The Kier molecular flexibility index (Phi) is 4.49. The minimum Gasteiger partial charge on any atom is -0.349 e. The molecule has 3 unspecified atom stereocenters. The lowest BCUT2D eigenvalue weighted by Gasteiger charge is -2.37. The maximum absolute atomic E-state index is 13.0. The van der Waals surface area contributed by atoms with Gasteiger partial charge in [0.05, 0.1) is 5.92 Å². The van der Waals surface area contributed by atoms with Gasteiger partial charge in [-0.2, -0.15) is 17.6 Å². The van der Waals surface area contributed by atoms with Gasteiger partial charge in [-0.1, -0.05) is 13.3 Å². The van der Waals surface area contributed by atoms with Crippen molar-refractivity contribution in [3.63, 3.8) is 0 Å². The third-order valence-corrected chi connectivity index (χ3v) is 4.03. The molecule has 1 aromatic heterocycles. The molecule has 116 valence electrons. The van der Waals surface area contributed by atoms with E-state index >= 15 is 0 Å². The highest BCUT2D eigenvalue weighted by Gasteiger charge is 2.47. The van der Waals surface area contributed by atoms with Crippen LogP contribution in [-0.4, -0.2) is 23.1 Å². The Hall–Kier alpha value is -1.66. The van der Waals surface area contributed by atoms with Crippen molar-refractivity contribution in [1.82, 2.24) is 10.3 Å². The van der Waals surface area contributed by atoms with Crippen LogP contribution in [0.4, 0.5) is 17.6 Å². The second-order valence-electron chi connectivity index (χ2n) is 5.39. The summed E-state index contributed by atoms with van der Waals surface area (Å²) in [7, 11) is 0. The summed E-state index contributed by atoms with van der Waals surface area (Å²) in [5, 5.41) is 2.58. The van der Waals surface area contributed by atoms with Crippen LogP contribution < -0.4 is 5.32 Å². The number of nitrogens with one attached hydrogen (secondary N) is 1. The van der Waals surface area contributed by atoms with Crippen molar-refractivity contribution < 1.29 is 22.4 Å². The van der Waals surface area contributed by atoms with Gasteiger partial charge in [-0.05, 0) is 24.8 Å². The molecule has 2 rings (SSSR count). The summed E-state index contributed by atoms with van der Waals surface area (Å²) in [4.78, 5) is 15.3. The monoisotopic (exact) mass is 304 g/mol. The zero-order valence-electron chi connectivity index (χ0n) is 11.5. The van der Waals surface area contributed by atoms with Gasteiger partial charge in [-0.3, -0.25) is 4.79 Å². The predicted octanol–water partition coefficient (Wildman–Crippen LogP) is 3.32. The van der Waals surface area contributed by atoms with Crippen LogP contribution >= 0.6 is 0 Å². The summed E-state index contributed by atoms with van der Waals surface area (Å²) in [5.74, 6) is -3.48. The van der Waals surface area contributed by atoms with E-state index in [-0.39, 0.29) is 12.0 Å². The fraction of sp³-hybridized carbons (Fsp3) is 0.571. The van der Waals surface area contributed by atoms with E-state index in [2.05, 4.69) is 10.3 Å². The first-order valence-electron chi connectivity index (χ1n) is 6.78. The van der Waals surface area contributed by atoms with Gasteiger partial charge in [0, 0.05) is 23.9 Å². The van der Waals surface area contributed by atoms with Gasteiger partial charge in [-0.15, -0.1) is 0 Å². The predicted molar refractivity (Wildman–Crippen MR) is 68.0 cm³/mol. The van der Waals surface area contributed by atoms with Gasteiger partial charge >= 0.3 is 6.18 Å². The molecule has 1 aliphatic rings. The molecule has 7 heteroatoms. The first-order chi connectivity index (χ1) is 9.79. The van der Waals surface area contributed by atoms with Crippen LogP contribution in [0.3, 0.4) is 0 Å². The Labute approximate surface area is 119 Å². The molecule has 0 saturated heterocycles. The van der Waals surface area contributed by atoms with E-state index in [4.69, 9.17) is 0 Å². The largest absolute Gasteiger partial charge is 0.392 e. The summed E-state index contributed by atoms with van der Waals surface area (Å²) < 4.78 is 51.7. The van der Waals surface area contributed by atoms with Gasteiger partial charge in [0.25, 0.3) is 5.91 Å². The summed E-state index contributed by atoms with van der Waals surface area (Å²) in [5.41, 5.74) is 0.0591. The number of hydrogen-bond donors (Lipinski definition) is 1. The van der Waals surface area contributed by atoms with Crippen LogP contribution in [0.2, 0.25) is 0 Å². The van der Waals surface area contributed by atoms with E-state index in [9.17, 15) is 22.4 Å². The zero-order valence-corrected chi connectivity index (χ0v) is 11.5. The Bertz CT molecular complexity index is 518. The number of halogens is 4. The van der Waals surface area contributed by atoms with Crippen LogP contribution in [0.5, 0.6) is 0 Å². The number of carbonyl (C=O) groups excluding carboxylic acids is 1. The lowest BCUT2D eigenvalue weighted by atomic mass is 9.76. The van der Waals surface area contributed by atoms with Crippen LogP contribution in [-0.2, 0) is 0 Å². The van der Waals surface area contributed by atoms with Crippen molar-refractivity contribution in [2.24, 2.45) is 11.8 Å². The van der Waals surface area contributed by atoms with Gasteiger partial charge in [-0.25, -0.2) is 4.98 Å². The van der Waals surface area contributed by atoms with Gasteiger partial charge < -0.3 is 5.32 Å². The lowest BCUT2D eigenvalue weighted by molar-refractivity contribution is -0.196. The van der Waals surface area contributed by atoms with Crippen molar-refractivity contribution in [2.45, 2.75) is 38.4 Å². The number of hydrogen-bond acceptors (Lipinski definition) is 2. The van der Waals surface area contributed by atoms with Crippen molar-refractivity contribution in [2.75, 3.05) is 0 Å². The highest BCUT2D eigenvalue weighted by molar-refractivity contribution is 5.94. The molecule has 0 aliphatic heterocycles. The molecule has 1 N–H and O–H groups in total. The van der Waals surface area contributed by atoms with E-state index in [1.54, 1.807) is 0 Å². The summed E-state index contributed by atoms with van der Waals surface area (Å²) >= 11 is 0. The normalized spacial score (nSPS) is 26.4. The van der Waals surface area contributed by atoms with Gasteiger partial charge in [0.2, 0.25) is 5.95 Å². The van der Waals surface area contributed by atoms with E-state index in [1.165, 1.54) is 13.0 Å². The molecule has 3 nitrogen and oxygen atoms in total. The van der Waals surface area contributed by atoms with E-state index in [0.717, 1.165) is 12.3 Å². The van der Waals surface area contributed by atoms with Crippen molar-refractivity contribution in [3.05, 3.63) is 29.8 Å². The highest BCUT2D eigenvalue weighted by Crippen LogP contribution is 2.41. The standard InChI is InChI=1S/C14H16F4N2O/c1-8-10(14(16,17)18)3-2-4-11(8)20-13(21)9-5-6-19-12(15)7-9/h5-8,10-11H,2-4H2,1H3,(H,20,21). The molecule has 21 heavy (non-hydrogen) atoms. The molecular weight excluding hydrogens is 288 g/mol. The zero-order chi connectivity index (χ0) is 15.6. The van der Waals surface area contributed by atoms with Crippen LogP contribution in [0.15, 0.2) is 18.3 Å². The molecule has 1 saturated carbocycles. The first kappa shape index (κ1) is 15.7. The maximum Gasteiger partial charge on any atom is 0.392 e. The molecule has 1 aliphatic carbocycles. The molecule has 0 aromatic carbocycles. The van der Waals surface area contributed by atoms with Crippen LogP contribution in [0.1, 0.15) is 36.5 Å². The highest BCUT2D eigenvalue weighted by atomic mass is 19.4. The van der Waals surface area contributed by atoms with E-state index < -0.39 is 35.9 Å². The third-order valence-electron chi connectivity index (χ3n) is 4.03. The number of aromatic nitrogens is 1. The number of pyridine rings is 1. The number of alkyl halides is 3. The summed E-state index contributed by atoms with van der Waals surface area (Å²) in [6, 6.07) is 1.73. The molecule has 0 spiro atoms. The summed E-state index contributed by atoms with van der Waals surface area (Å²) in [6.45, 7) is 1.50. The quantitative estimate of drug-likeness (QED) is 0.673. The number of nitrogens with zero attached hydrogens (tertiary/aromatic N) is 1. The van der Waals surface area contributed by atoms with Crippen LogP contribution in [0.25, 0.3) is 0 Å². The van der Waals surface area contributed by atoms with Crippen molar-refractivity contribution in [3.8, 4) is 0 Å². The number of rotatable bonds is 2. The minimum atomic E-state index is -4.26. The number of amides is 1. The van der Waals surface area contributed by atoms with Gasteiger partial charge in [0.15, 0.2) is 0 Å². The van der Waals surface area contributed by atoms with Crippen molar-refractivity contribution >= 4 is 5.91 Å². The average molecular weight is 304 g/mol. The van der Waals surface area contributed by atoms with Gasteiger partial charge in [0.1, 0.15) is 0 Å². The average Bonchev–Trinajstić information content (AvgIpc) is 2.39. The molecule has 1 fully saturated rings. The van der Waals surface area contributed by atoms with E-state index in [1.807, 2.05) is 0 Å². The molecule has 0 bridgehead atoms. The Morgan fingerprint density at radius 3 is 2.71 bits per heavy atom. The minimum absolute atomic E-state index is 0.0591. The Balaban J connectivity index is 2.07. The molecule has 3 atom stereocenters. The van der Waals surface area contributed by atoms with Crippen molar-refractivity contribution in [1.29, 1.82) is 0 Å². The lowest BCUT2D eigenvalue weighted by Crippen LogP contribution is -2.47. The van der Waals surface area contributed by atoms with E-state index in [0.29, 0.717) is 12.8 Å². The smallest absolute Gasteiger partial charge is 0.349 e. The topological polar surface area (TPSA) is 42.0 Å². The fourth-order valence-electron chi connectivity index (χ4n) is 2.82. The van der Waals surface area contributed by atoms with Crippen LogP contribution in [0, 0.1) is 17.8 Å². The molecular formula is C14H16F4N2O. The Morgan fingerprint density at radius 1 is 1.38 bits per heavy atom. The molecule has 0 radical (unpaired) electrons. The molecule has 1 aromatic rings. The first-order valence-corrected chi connectivity index (χ1v) is 6.78. The Morgan fingerprint density at radius 2 is 2.10 bits per heavy atom. The molecule has 1 heterocycles. The fourth-order valence-corrected chi connectivity index (χ4v) is 2.82. The maximum atomic E-state index is 13.0. The molecule has 1 amide bonds. The second-order valence-corrected chi connectivity index (χ2v) is 5.39. The number of carbonyl (C=O) groups is 1. The third kappa shape index (κ3) is 3.71. The summed E-state index contributed by atoms with van der Waals surface area (Å²) in [6.07, 6.45) is -2.13. The second kappa shape index (κ2) is 5.99.